The molecule has 0 spiro atoms. The molecule has 29 heavy (non-hydrogen) atoms. The van der Waals surface area contributed by atoms with Gasteiger partial charge in [0.25, 0.3) is 5.91 Å². The molecule has 0 radical (unpaired) electrons. The fourth-order valence-corrected chi connectivity index (χ4v) is 2.70. The molecule has 2 rings (SSSR count). The van der Waals surface area contributed by atoms with E-state index >= 15 is 0 Å². The first-order valence-corrected chi connectivity index (χ1v) is 8.92. The minimum absolute atomic E-state index is 0.00151. The molecule has 1 amide bonds. The summed E-state index contributed by atoms with van der Waals surface area (Å²) in [5, 5.41) is 9.32. The summed E-state index contributed by atoms with van der Waals surface area (Å²) in [5.74, 6) is 0.139. The molecule has 0 heterocycles. The zero-order valence-electron chi connectivity index (χ0n) is 16.7. The molecule has 0 N–H and O–H groups in total. The van der Waals surface area contributed by atoms with Crippen molar-refractivity contribution in [1.82, 2.24) is 4.90 Å². The van der Waals surface area contributed by atoms with Gasteiger partial charge in [0.1, 0.15) is 24.1 Å². The Bertz CT molecular complexity index is 975. The van der Waals surface area contributed by atoms with Gasteiger partial charge in [0.05, 0.1) is 7.11 Å². The first-order chi connectivity index (χ1) is 13.9. The predicted octanol–water partition coefficient (Wildman–Crippen LogP) is 4.14. The molecule has 0 fully saturated rings. The van der Waals surface area contributed by atoms with Crippen LogP contribution in [0.5, 0.6) is 11.5 Å². The second-order valence-electron chi connectivity index (χ2n) is 6.45. The lowest BCUT2D eigenvalue weighted by Gasteiger charge is -2.16. The quantitative estimate of drug-likeness (QED) is 0.384. The normalized spacial score (nSPS) is 10.8. The second-order valence-corrected chi connectivity index (χ2v) is 6.45. The van der Waals surface area contributed by atoms with Gasteiger partial charge in [0.15, 0.2) is 11.5 Å². The molecule has 0 unspecified atom stereocenters. The number of allylic oxidation sites excluding steroid dienone is 1. The van der Waals surface area contributed by atoms with Gasteiger partial charge in [0, 0.05) is 25.2 Å². The van der Waals surface area contributed by atoms with E-state index in [1.54, 1.807) is 50.5 Å². The van der Waals surface area contributed by atoms with E-state index in [9.17, 15) is 14.4 Å². The van der Waals surface area contributed by atoms with Crippen molar-refractivity contribution in [3.63, 3.8) is 0 Å². The summed E-state index contributed by atoms with van der Waals surface area (Å²) in [6.07, 6.45) is 3.67. The third kappa shape index (κ3) is 5.45. The summed E-state index contributed by atoms with van der Waals surface area (Å²) in [4.78, 5) is 13.5. The number of methoxy groups -OCH3 is 1. The first-order valence-electron chi connectivity index (χ1n) is 8.92. The van der Waals surface area contributed by atoms with E-state index in [2.05, 4.69) is 6.58 Å². The Hall–Kier alpha value is -3.59. The van der Waals surface area contributed by atoms with Crippen LogP contribution in [0, 0.1) is 17.1 Å². The van der Waals surface area contributed by atoms with Crippen LogP contribution in [0.15, 0.2) is 54.6 Å². The van der Waals surface area contributed by atoms with E-state index in [1.807, 2.05) is 6.07 Å². The molecule has 0 saturated heterocycles. The van der Waals surface area contributed by atoms with E-state index in [-0.39, 0.29) is 18.0 Å². The highest BCUT2D eigenvalue weighted by molar-refractivity contribution is 6.01. The minimum Gasteiger partial charge on any atom is -0.493 e. The molecule has 2 aromatic carbocycles. The smallest absolute Gasteiger partial charge is 0.264 e. The molecular weight excluding hydrogens is 371 g/mol. The van der Waals surface area contributed by atoms with Gasteiger partial charge in [-0.3, -0.25) is 4.79 Å². The van der Waals surface area contributed by atoms with Crippen LogP contribution in [0.4, 0.5) is 4.39 Å². The minimum atomic E-state index is -0.392. The van der Waals surface area contributed by atoms with Crippen LogP contribution in [0.1, 0.15) is 16.7 Å². The average molecular weight is 394 g/mol. The molecule has 0 aromatic heterocycles. The molecule has 0 saturated carbocycles. The van der Waals surface area contributed by atoms with Crippen LogP contribution in [-0.2, 0) is 17.8 Å². The summed E-state index contributed by atoms with van der Waals surface area (Å²) in [5.41, 5.74) is 1.79. The molecule has 150 valence electrons. The molecule has 0 atom stereocenters. The Morgan fingerprint density at radius 2 is 2.00 bits per heavy atom. The number of amides is 1. The van der Waals surface area contributed by atoms with Crippen molar-refractivity contribution < 1.29 is 18.7 Å². The Balaban J connectivity index is 2.45. The van der Waals surface area contributed by atoms with Crippen LogP contribution in [0.3, 0.4) is 0 Å². The highest BCUT2D eigenvalue weighted by atomic mass is 19.1. The highest BCUT2D eigenvalue weighted by Crippen LogP contribution is 2.35. The number of halogens is 1. The third-order valence-corrected chi connectivity index (χ3v) is 4.14. The molecule has 0 bridgehead atoms. The molecule has 5 nitrogen and oxygen atoms in total. The number of carbonyl (C=O) groups is 1. The number of hydrogen-bond donors (Lipinski definition) is 0. The van der Waals surface area contributed by atoms with E-state index < -0.39 is 5.91 Å². The maximum atomic E-state index is 13.9. The number of carbonyl (C=O) groups excluding carboxylic acids is 1. The number of ether oxygens (including phenoxy) is 2. The number of nitriles is 1. The zero-order valence-corrected chi connectivity index (χ0v) is 16.7. The van der Waals surface area contributed by atoms with Crippen LogP contribution in [0.2, 0.25) is 0 Å². The maximum absolute atomic E-state index is 13.9. The molecule has 0 aliphatic rings. The predicted molar refractivity (Wildman–Crippen MR) is 110 cm³/mol. The number of hydrogen-bond acceptors (Lipinski definition) is 4. The van der Waals surface area contributed by atoms with Crippen molar-refractivity contribution in [1.29, 1.82) is 5.26 Å². The Kier molecular flexibility index (Phi) is 7.55. The SMILES string of the molecule is C=CCc1cc(/C=C(/C#N)C(=O)N(C)C)cc(OC)c1OCc1ccccc1F. The van der Waals surface area contributed by atoms with Gasteiger partial charge in [-0.15, -0.1) is 6.58 Å². The lowest BCUT2D eigenvalue weighted by Crippen LogP contribution is -2.22. The highest BCUT2D eigenvalue weighted by Gasteiger charge is 2.16. The lowest BCUT2D eigenvalue weighted by atomic mass is 10.0. The van der Waals surface area contributed by atoms with E-state index in [0.29, 0.717) is 29.0 Å². The fraction of sp³-hybridized carbons (Fsp3) is 0.217. The Labute approximate surface area is 170 Å². The van der Waals surface area contributed by atoms with Crippen molar-refractivity contribution >= 4 is 12.0 Å². The van der Waals surface area contributed by atoms with Crippen molar-refractivity contribution in [3.8, 4) is 17.6 Å². The van der Waals surface area contributed by atoms with E-state index in [1.165, 1.54) is 24.2 Å². The van der Waals surface area contributed by atoms with Gasteiger partial charge in [-0.1, -0.05) is 24.3 Å². The van der Waals surface area contributed by atoms with Crippen molar-refractivity contribution in [2.45, 2.75) is 13.0 Å². The second kappa shape index (κ2) is 10.1. The lowest BCUT2D eigenvalue weighted by molar-refractivity contribution is -0.124. The monoisotopic (exact) mass is 394 g/mol. The van der Waals surface area contributed by atoms with Crippen LogP contribution >= 0.6 is 0 Å². The Morgan fingerprint density at radius 1 is 1.28 bits per heavy atom. The average Bonchev–Trinajstić information content (AvgIpc) is 2.71. The largest absolute Gasteiger partial charge is 0.493 e. The summed E-state index contributed by atoms with van der Waals surface area (Å²) in [6, 6.07) is 11.8. The van der Waals surface area contributed by atoms with Gasteiger partial charge < -0.3 is 14.4 Å². The third-order valence-electron chi connectivity index (χ3n) is 4.14. The van der Waals surface area contributed by atoms with Crippen molar-refractivity contribution in [3.05, 3.63) is 77.1 Å². The molecule has 2 aromatic rings. The first kappa shape index (κ1) is 21.7. The van der Waals surface area contributed by atoms with Crippen LogP contribution in [-0.4, -0.2) is 32.0 Å². The van der Waals surface area contributed by atoms with Crippen LogP contribution in [0.25, 0.3) is 6.08 Å². The van der Waals surface area contributed by atoms with Crippen molar-refractivity contribution in [2.24, 2.45) is 0 Å². The van der Waals surface area contributed by atoms with Gasteiger partial charge >= 0.3 is 0 Å². The summed E-state index contributed by atoms with van der Waals surface area (Å²) in [7, 11) is 4.65. The molecule has 0 aliphatic heterocycles. The Morgan fingerprint density at radius 3 is 2.59 bits per heavy atom. The van der Waals surface area contributed by atoms with Gasteiger partial charge in [-0.05, 0) is 36.3 Å². The molecule has 6 heteroatoms. The van der Waals surface area contributed by atoms with Gasteiger partial charge in [-0.25, -0.2) is 4.39 Å². The van der Waals surface area contributed by atoms with Gasteiger partial charge in [-0.2, -0.15) is 5.26 Å². The van der Waals surface area contributed by atoms with Crippen LogP contribution < -0.4 is 9.47 Å². The topological polar surface area (TPSA) is 62.6 Å². The standard InChI is InChI=1S/C23H23FN2O3/c1-5-8-17-11-16(12-19(14-25)23(27)26(2)3)13-21(28-4)22(17)29-15-18-9-6-7-10-20(18)24/h5-7,9-13H,1,8,15H2,2-4H3/b19-12-. The number of likely N-dealkylation sites (N-methyl/N-ethyl adjacent to an activating group) is 1. The zero-order chi connectivity index (χ0) is 21.4. The fourth-order valence-electron chi connectivity index (χ4n) is 2.70. The summed E-state index contributed by atoms with van der Waals surface area (Å²) < 4.78 is 25.2. The number of nitrogens with zero attached hydrogens (tertiary/aromatic N) is 2. The summed E-state index contributed by atoms with van der Waals surface area (Å²) in [6.45, 7) is 3.79. The maximum Gasteiger partial charge on any atom is 0.264 e. The molecule has 0 aliphatic carbocycles. The van der Waals surface area contributed by atoms with Gasteiger partial charge in [0.2, 0.25) is 0 Å². The summed E-state index contributed by atoms with van der Waals surface area (Å²) >= 11 is 0. The molecular formula is C23H23FN2O3. The van der Waals surface area contributed by atoms with E-state index in [0.717, 1.165) is 5.56 Å². The van der Waals surface area contributed by atoms with E-state index in [4.69, 9.17) is 9.47 Å². The number of benzene rings is 2. The number of rotatable bonds is 8. The van der Waals surface area contributed by atoms with Crippen molar-refractivity contribution in [2.75, 3.05) is 21.2 Å².